The van der Waals surface area contributed by atoms with Gasteiger partial charge in [-0.3, -0.25) is 14.1 Å². The van der Waals surface area contributed by atoms with Crippen LogP contribution in [-0.4, -0.2) is 47.1 Å². The lowest BCUT2D eigenvalue weighted by atomic mass is 10.2. The van der Waals surface area contributed by atoms with Crippen LogP contribution in [0.25, 0.3) is 21.8 Å². The van der Waals surface area contributed by atoms with Crippen molar-refractivity contribution in [2.75, 3.05) is 16.7 Å². The van der Waals surface area contributed by atoms with Gasteiger partial charge in [0, 0.05) is 8.95 Å². The van der Waals surface area contributed by atoms with Gasteiger partial charge in [0.05, 0.1) is 38.1 Å². The predicted octanol–water partition coefficient (Wildman–Crippen LogP) is 7.02. The van der Waals surface area contributed by atoms with Gasteiger partial charge in [-0.1, -0.05) is 30.6 Å². The number of hydrogen-bond acceptors (Lipinski definition) is 5. The lowest BCUT2D eigenvalue weighted by Crippen LogP contribution is -2.12. The lowest BCUT2D eigenvalue weighted by Gasteiger charge is -2.04. The molecule has 2 aromatic heterocycles. The van der Waals surface area contributed by atoms with Crippen LogP contribution in [0.5, 0.6) is 0 Å². The molecule has 0 saturated heterocycles. The van der Waals surface area contributed by atoms with Crippen molar-refractivity contribution in [1.82, 2.24) is 19.6 Å². The summed E-state index contributed by atoms with van der Waals surface area (Å²) in [5.74, 6) is 0.0800. The Morgan fingerprint density at radius 1 is 0.919 bits per heavy atom. The number of benzene rings is 2. The SMILES string of the molecule is C.CS(=O)(=O)Nc1nn(CC(F)F)c2c(Br)ccc(Cl)c12.Nc1nn(CC(F)F)c2c(Br)ccc(Cl)c12. The second kappa shape index (κ2) is 12.4. The molecule has 0 amide bonds. The van der Waals surface area contributed by atoms with E-state index in [1.54, 1.807) is 18.2 Å². The average Bonchev–Trinajstić information content (AvgIpc) is 3.25. The first-order valence-electron chi connectivity index (χ1n) is 9.68. The monoisotopic (exact) mass is 712 g/mol. The van der Waals surface area contributed by atoms with Crippen LogP contribution in [0, 0.1) is 0 Å². The van der Waals surface area contributed by atoms with Gasteiger partial charge in [-0.2, -0.15) is 10.2 Å². The molecule has 0 radical (unpaired) electrons. The van der Waals surface area contributed by atoms with Gasteiger partial charge >= 0.3 is 0 Å². The molecule has 8 nitrogen and oxygen atoms in total. The number of nitrogens with one attached hydrogen (secondary N) is 1. The molecule has 0 saturated carbocycles. The minimum absolute atomic E-state index is 0. The van der Waals surface area contributed by atoms with Gasteiger partial charge < -0.3 is 5.73 Å². The number of nitrogens with zero attached hydrogens (tertiary/aromatic N) is 4. The fourth-order valence-corrected chi connectivity index (χ4v) is 5.33. The third-order valence-corrected chi connectivity index (χ3v) is 6.99. The molecular weight excluding hydrogens is 695 g/mol. The van der Waals surface area contributed by atoms with E-state index < -0.39 is 36.0 Å². The second-order valence-electron chi connectivity index (χ2n) is 7.26. The zero-order valence-electron chi connectivity index (χ0n) is 18.0. The van der Waals surface area contributed by atoms with Crippen LogP contribution in [0.1, 0.15) is 7.43 Å². The summed E-state index contributed by atoms with van der Waals surface area (Å²) in [5, 5.41) is 9.10. The molecule has 0 spiro atoms. The molecule has 2 aromatic carbocycles. The molecule has 0 aliphatic carbocycles. The summed E-state index contributed by atoms with van der Waals surface area (Å²) in [6.07, 6.45) is -4.18. The average molecular weight is 715 g/mol. The largest absolute Gasteiger partial charge is 0.382 e. The van der Waals surface area contributed by atoms with E-state index in [0.29, 0.717) is 30.4 Å². The van der Waals surface area contributed by atoms with Crippen molar-refractivity contribution >= 4 is 98.5 Å². The molecular formula is C20H20Br2Cl2F4N6O2S. The highest BCUT2D eigenvalue weighted by Gasteiger charge is 2.20. The number of hydrogen-bond donors (Lipinski definition) is 2. The highest BCUT2D eigenvalue weighted by Crippen LogP contribution is 2.36. The van der Waals surface area contributed by atoms with E-state index in [1.165, 1.54) is 6.07 Å². The van der Waals surface area contributed by atoms with Crippen LogP contribution in [0.15, 0.2) is 33.2 Å². The van der Waals surface area contributed by atoms with E-state index in [4.69, 9.17) is 28.9 Å². The Hall–Kier alpha value is -1.81. The summed E-state index contributed by atoms with van der Waals surface area (Å²) < 4.78 is 77.9. The maximum atomic E-state index is 12.6. The van der Waals surface area contributed by atoms with Crippen molar-refractivity contribution in [2.45, 2.75) is 33.4 Å². The predicted molar refractivity (Wildman–Crippen MR) is 147 cm³/mol. The number of nitrogen functional groups attached to an aromatic ring is 1. The second-order valence-corrected chi connectivity index (χ2v) is 11.5. The van der Waals surface area contributed by atoms with Crippen LogP contribution in [0.3, 0.4) is 0 Å². The van der Waals surface area contributed by atoms with E-state index >= 15 is 0 Å². The van der Waals surface area contributed by atoms with Gasteiger partial charge in [-0.15, -0.1) is 0 Å². The number of aromatic nitrogens is 4. The molecule has 37 heavy (non-hydrogen) atoms. The minimum atomic E-state index is -3.60. The molecule has 0 bridgehead atoms. The van der Waals surface area contributed by atoms with Gasteiger partial charge in [-0.25, -0.2) is 26.0 Å². The summed E-state index contributed by atoms with van der Waals surface area (Å²) in [4.78, 5) is 0. The molecule has 17 heteroatoms. The molecule has 0 unspecified atom stereocenters. The van der Waals surface area contributed by atoms with E-state index in [2.05, 4.69) is 46.8 Å². The van der Waals surface area contributed by atoms with Crippen molar-refractivity contribution in [3.8, 4) is 0 Å². The Labute approximate surface area is 236 Å². The molecule has 0 atom stereocenters. The zero-order chi connectivity index (χ0) is 26.9. The number of alkyl halides is 4. The smallest absolute Gasteiger partial charge is 0.257 e. The first kappa shape index (κ1) is 31.4. The summed E-state index contributed by atoms with van der Waals surface area (Å²) in [7, 11) is -3.60. The Bertz CT molecular complexity index is 1530. The first-order valence-corrected chi connectivity index (χ1v) is 13.9. The highest BCUT2D eigenvalue weighted by atomic mass is 79.9. The number of anilines is 2. The van der Waals surface area contributed by atoms with Gasteiger partial charge in [0.15, 0.2) is 11.6 Å². The van der Waals surface area contributed by atoms with Crippen LogP contribution in [0.4, 0.5) is 29.2 Å². The van der Waals surface area contributed by atoms with Crippen molar-refractivity contribution < 1.29 is 26.0 Å². The first-order chi connectivity index (χ1) is 16.7. The van der Waals surface area contributed by atoms with Crippen molar-refractivity contribution in [3.63, 3.8) is 0 Å². The molecule has 3 N–H and O–H groups in total. The van der Waals surface area contributed by atoms with E-state index in [0.717, 1.165) is 15.6 Å². The number of halogens is 8. The third-order valence-electron chi connectivity index (χ3n) is 4.52. The molecule has 0 aliphatic heterocycles. The summed E-state index contributed by atoms with van der Waals surface area (Å²) in [6, 6.07) is 6.42. The Morgan fingerprint density at radius 3 is 1.81 bits per heavy atom. The maximum absolute atomic E-state index is 12.6. The molecule has 2 heterocycles. The quantitative estimate of drug-likeness (QED) is 0.209. The minimum Gasteiger partial charge on any atom is -0.382 e. The molecule has 204 valence electrons. The molecule has 4 rings (SSSR count). The number of rotatable bonds is 6. The number of nitrogens with two attached hydrogens (primary N) is 1. The molecule has 0 aliphatic rings. The Balaban J connectivity index is 0.000000259. The Morgan fingerprint density at radius 2 is 1.35 bits per heavy atom. The van der Waals surface area contributed by atoms with E-state index in [9.17, 15) is 26.0 Å². The number of fused-ring (bicyclic) bond motifs is 2. The van der Waals surface area contributed by atoms with Crippen LogP contribution < -0.4 is 10.5 Å². The Kier molecular flexibility index (Phi) is 10.5. The summed E-state index contributed by atoms with van der Waals surface area (Å²) in [6.45, 7) is -1.17. The topological polar surface area (TPSA) is 108 Å². The van der Waals surface area contributed by atoms with Gasteiger partial charge in [0.25, 0.3) is 12.9 Å². The lowest BCUT2D eigenvalue weighted by molar-refractivity contribution is 0.123. The molecule has 4 aromatic rings. The fourth-order valence-electron chi connectivity index (χ4n) is 3.28. The van der Waals surface area contributed by atoms with Crippen molar-refractivity contribution in [2.24, 2.45) is 0 Å². The van der Waals surface area contributed by atoms with Crippen LogP contribution in [0.2, 0.25) is 10.0 Å². The normalized spacial score (nSPS) is 11.6. The zero-order valence-corrected chi connectivity index (χ0v) is 23.5. The van der Waals surface area contributed by atoms with E-state index in [1.807, 2.05) is 0 Å². The standard InChI is InChI=1S/C10H9BrClF2N3O2S.C9H7BrClF2N3.CH4/c1-20(18,19)16-10-8-6(12)3-2-5(11)9(8)17(15-10)4-7(13)14;10-4-1-2-5(11)7-8(4)16(3-6(12)13)15-9(7)14;/h2-3,7H,4H2,1H3,(H,15,16);1-2,6H,3H2,(H2,14,15);1H4. The third kappa shape index (κ3) is 7.40. The highest BCUT2D eigenvalue weighted by molar-refractivity contribution is 9.11. The summed E-state index contributed by atoms with van der Waals surface area (Å²) in [5.41, 5.74) is 6.44. The number of sulfonamides is 1. The van der Waals surface area contributed by atoms with Crippen LogP contribution >= 0.6 is 55.1 Å². The summed E-state index contributed by atoms with van der Waals surface area (Å²) >= 11 is 18.4. The maximum Gasteiger partial charge on any atom is 0.257 e. The van der Waals surface area contributed by atoms with Crippen LogP contribution in [-0.2, 0) is 23.1 Å². The van der Waals surface area contributed by atoms with Crippen molar-refractivity contribution in [1.29, 1.82) is 0 Å². The molecule has 0 fully saturated rings. The van der Waals surface area contributed by atoms with Crippen molar-refractivity contribution in [3.05, 3.63) is 43.3 Å². The van der Waals surface area contributed by atoms with Gasteiger partial charge in [0.1, 0.15) is 13.1 Å². The fraction of sp³-hybridized carbons (Fsp3) is 0.300. The van der Waals surface area contributed by atoms with E-state index in [-0.39, 0.29) is 29.5 Å². The van der Waals surface area contributed by atoms with Gasteiger partial charge in [-0.05, 0) is 56.1 Å². The van der Waals surface area contributed by atoms with Gasteiger partial charge in [0.2, 0.25) is 10.0 Å².